The minimum Gasteiger partial charge on any atom is -0.349 e. The van der Waals surface area contributed by atoms with Gasteiger partial charge in [-0.2, -0.15) is 0 Å². The first-order chi connectivity index (χ1) is 12.7. The molecule has 1 aromatic heterocycles. The van der Waals surface area contributed by atoms with Gasteiger partial charge in [0.1, 0.15) is 5.82 Å². The highest BCUT2D eigenvalue weighted by molar-refractivity contribution is 5.81. The average molecular weight is 351 g/mol. The van der Waals surface area contributed by atoms with E-state index in [0.717, 1.165) is 37.8 Å². The van der Waals surface area contributed by atoms with Crippen molar-refractivity contribution in [3.63, 3.8) is 0 Å². The molecule has 5 heteroatoms. The van der Waals surface area contributed by atoms with Crippen molar-refractivity contribution in [1.82, 2.24) is 19.8 Å². The number of aromatic nitrogens is 2. The molecule has 1 N–H and O–H groups in total. The van der Waals surface area contributed by atoms with E-state index in [1.54, 1.807) is 0 Å². The number of guanidine groups is 1. The lowest BCUT2D eigenvalue weighted by molar-refractivity contribution is 0.436. The Kier molecular flexibility index (Phi) is 6.10. The summed E-state index contributed by atoms with van der Waals surface area (Å²) in [7, 11) is 1.85. The lowest BCUT2D eigenvalue weighted by atomic mass is 10.00. The SMILES string of the molecule is CN=C(NCc1nccn1CC(C)C)N1CC=C(c2ccccc2)CC1. The number of benzene rings is 1. The molecule has 26 heavy (non-hydrogen) atoms. The molecule has 0 radical (unpaired) electrons. The van der Waals surface area contributed by atoms with Crippen LogP contribution in [0.1, 0.15) is 31.7 Å². The first-order valence-electron chi connectivity index (χ1n) is 9.37. The number of hydrogen-bond acceptors (Lipinski definition) is 2. The molecule has 0 unspecified atom stereocenters. The minimum atomic E-state index is 0.603. The third-order valence-corrected chi connectivity index (χ3v) is 4.63. The summed E-state index contributed by atoms with van der Waals surface area (Å²) < 4.78 is 2.22. The molecule has 2 aromatic rings. The van der Waals surface area contributed by atoms with Crippen LogP contribution in [0.25, 0.3) is 5.57 Å². The van der Waals surface area contributed by atoms with Crippen molar-refractivity contribution < 1.29 is 0 Å². The Morgan fingerprint density at radius 2 is 2.08 bits per heavy atom. The van der Waals surface area contributed by atoms with Crippen molar-refractivity contribution >= 4 is 11.5 Å². The molecule has 5 nitrogen and oxygen atoms in total. The molecule has 2 heterocycles. The molecule has 1 aliphatic heterocycles. The molecule has 138 valence electrons. The van der Waals surface area contributed by atoms with Crippen LogP contribution in [0, 0.1) is 5.92 Å². The van der Waals surface area contributed by atoms with Crippen molar-refractivity contribution in [2.75, 3.05) is 20.1 Å². The number of nitrogens with zero attached hydrogens (tertiary/aromatic N) is 4. The Hall–Kier alpha value is -2.56. The molecule has 0 atom stereocenters. The van der Waals surface area contributed by atoms with E-state index in [1.807, 2.05) is 13.2 Å². The maximum absolute atomic E-state index is 4.49. The fourth-order valence-corrected chi connectivity index (χ4v) is 3.33. The number of rotatable bonds is 5. The highest BCUT2D eigenvalue weighted by atomic mass is 15.3. The topological polar surface area (TPSA) is 45.5 Å². The van der Waals surface area contributed by atoms with Crippen molar-refractivity contribution in [1.29, 1.82) is 0 Å². The normalized spacial score (nSPS) is 15.3. The summed E-state index contributed by atoms with van der Waals surface area (Å²) in [5.41, 5.74) is 2.75. The lowest BCUT2D eigenvalue weighted by Crippen LogP contribution is -2.43. The Bertz CT molecular complexity index is 758. The third kappa shape index (κ3) is 4.54. The molecular weight excluding hydrogens is 322 g/mol. The van der Waals surface area contributed by atoms with Gasteiger partial charge in [-0.05, 0) is 23.5 Å². The molecule has 1 aliphatic rings. The largest absolute Gasteiger partial charge is 0.349 e. The maximum Gasteiger partial charge on any atom is 0.194 e. The molecule has 0 aliphatic carbocycles. The van der Waals surface area contributed by atoms with Crippen molar-refractivity contribution in [2.24, 2.45) is 10.9 Å². The van der Waals surface area contributed by atoms with Crippen LogP contribution in [0.15, 0.2) is 53.8 Å². The molecule has 0 saturated carbocycles. The van der Waals surface area contributed by atoms with Gasteiger partial charge in [-0.25, -0.2) is 4.98 Å². The summed E-state index contributed by atoms with van der Waals surface area (Å²) in [6, 6.07) is 10.6. The van der Waals surface area contributed by atoms with E-state index in [0.29, 0.717) is 12.5 Å². The van der Waals surface area contributed by atoms with Crippen LogP contribution in [0.3, 0.4) is 0 Å². The standard InChI is InChI=1S/C21H29N5/c1-17(2)16-26-14-11-23-20(26)15-24-21(22-3)25-12-9-19(10-13-25)18-7-5-4-6-8-18/h4-9,11,14,17H,10,12-13,15-16H2,1-3H3,(H,22,24). The van der Waals surface area contributed by atoms with E-state index in [2.05, 4.69) is 81.2 Å². The number of hydrogen-bond donors (Lipinski definition) is 1. The average Bonchev–Trinajstić information content (AvgIpc) is 3.10. The van der Waals surface area contributed by atoms with Crippen LogP contribution in [-0.4, -0.2) is 40.5 Å². The molecule has 0 fully saturated rings. The van der Waals surface area contributed by atoms with E-state index in [4.69, 9.17) is 0 Å². The van der Waals surface area contributed by atoms with Gasteiger partial charge in [0, 0.05) is 39.1 Å². The Labute approximate surface area is 156 Å². The fraction of sp³-hybridized carbons (Fsp3) is 0.429. The molecule has 0 spiro atoms. The number of aliphatic imine (C=N–C) groups is 1. The van der Waals surface area contributed by atoms with Gasteiger partial charge in [-0.1, -0.05) is 50.3 Å². The summed E-state index contributed by atoms with van der Waals surface area (Å²) in [5.74, 6) is 2.59. The second-order valence-corrected chi connectivity index (χ2v) is 7.08. The van der Waals surface area contributed by atoms with E-state index >= 15 is 0 Å². The predicted molar refractivity (Wildman–Crippen MR) is 108 cm³/mol. The van der Waals surface area contributed by atoms with Crippen LogP contribution in [0.4, 0.5) is 0 Å². The van der Waals surface area contributed by atoms with E-state index < -0.39 is 0 Å². The van der Waals surface area contributed by atoms with Crippen molar-refractivity contribution in [2.45, 2.75) is 33.4 Å². The van der Waals surface area contributed by atoms with Gasteiger partial charge in [0.15, 0.2) is 5.96 Å². The van der Waals surface area contributed by atoms with Crippen molar-refractivity contribution in [3.8, 4) is 0 Å². The van der Waals surface area contributed by atoms with Gasteiger partial charge in [-0.15, -0.1) is 0 Å². The molecule has 0 saturated heterocycles. The summed E-state index contributed by atoms with van der Waals surface area (Å²) in [5, 5.41) is 3.47. The van der Waals surface area contributed by atoms with Crippen LogP contribution in [-0.2, 0) is 13.1 Å². The summed E-state index contributed by atoms with van der Waals surface area (Å²) >= 11 is 0. The van der Waals surface area contributed by atoms with Crippen LogP contribution in [0.5, 0.6) is 0 Å². The molecular formula is C21H29N5. The number of nitrogens with one attached hydrogen (secondary N) is 1. The third-order valence-electron chi connectivity index (χ3n) is 4.63. The quantitative estimate of drug-likeness (QED) is 0.663. The van der Waals surface area contributed by atoms with Crippen LogP contribution in [0.2, 0.25) is 0 Å². The smallest absolute Gasteiger partial charge is 0.194 e. The first-order valence-corrected chi connectivity index (χ1v) is 9.37. The van der Waals surface area contributed by atoms with Gasteiger partial charge in [0.05, 0.1) is 6.54 Å². The first kappa shape index (κ1) is 18.2. The van der Waals surface area contributed by atoms with E-state index in [-0.39, 0.29) is 0 Å². The second-order valence-electron chi connectivity index (χ2n) is 7.08. The van der Waals surface area contributed by atoms with Gasteiger partial charge in [0.25, 0.3) is 0 Å². The van der Waals surface area contributed by atoms with E-state index in [1.165, 1.54) is 11.1 Å². The predicted octanol–water partition coefficient (Wildman–Crippen LogP) is 3.40. The monoisotopic (exact) mass is 351 g/mol. The van der Waals surface area contributed by atoms with Crippen LogP contribution >= 0.6 is 0 Å². The molecule has 3 rings (SSSR count). The Morgan fingerprint density at radius 1 is 1.27 bits per heavy atom. The van der Waals surface area contributed by atoms with Gasteiger partial charge >= 0.3 is 0 Å². The number of imidazole rings is 1. The van der Waals surface area contributed by atoms with Gasteiger partial charge in [-0.3, -0.25) is 4.99 Å². The van der Waals surface area contributed by atoms with Gasteiger partial charge in [0.2, 0.25) is 0 Å². The van der Waals surface area contributed by atoms with Gasteiger partial charge < -0.3 is 14.8 Å². The zero-order valence-corrected chi connectivity index (χ0v) is 16.0. The minimum absolute atomic E-state index is 0.603. The molecule has 0 amide bonds. The fourth-order valence-electron chi connectivity index (χ4n) is 3.33. The zero-order chi connectivity index (χ0) is 18.4. The second kappa shape index (κ2) is 8.70. The lowest BCUT2D eigenvalue weighted by Gasteiger charge is -2.29. The highest BCUT2D eigenvalue weighted by Gasteiger charge is 2.16. The summed E-state index contributed by atoms with van der Waals surface area (Å²) in [6.45, 7) is 7.98. The zero-order valence-electron chi connectivity index (χ0n) is 16.0. The van der Waals surface area contributed by atoms with Crippen LogP contribution < -0.4 is 5.32 Å². The van der Waals surface area contributed by atoms with Crippen molar-refractivity contribution in [3.05, 3.63) is 60.2 Å². The highest BCUT2D eigenvalue weighted by Crippen LogP contribution is 2.21. The molecule has 0 bridgehead atoms. The Balaban J connectivity index is 1.59. The maximum atomic E-state index is 4.49. The molecule has 1 aromatic carbocycles. The van der Waals surface area contributed by atoms with E-state index in [9.17, 15) is 0 Å². The Morgan fingerprint density at radius 3 is 2.73 bits per heavy atom. The summed E-state index contributed by atoms with van der Waals surface area (Å²) in [6.07, 6.45) is 7.27. The summed E-state index contributed by atoms with van der Waals surface area (Å²) in [4.78, 5) is 11.2.